The molecule has 0 saturated heterocycles. The monoisotopic (exact) mass is 278 g/mol. The molecule has 0 fully saturated rings. The first kappa shape index (κ1) is 17.2. The number of hydrogen-bond acceptors (Lipinski definition) is 3. The van der Waals surface area contributed by atoms with Gasteiger partial charge in [0, 0.05) is 25.7 Å². The zero-order chi connectivity index (χ0) is 15.0. The Kier molecular flexibility index (Phi) is 7.20. The van der Waals surface area contributed by atoms with Gasteiger partial charge in [-0.1, -0.05) is 24.3 Å². The summed E-state index contributed by atoms with van der Waals surface area (Å²) in [4.78, 5) is 2.31. The molecule has 1 N–H and O–H groups in total. The molecule has 0 aliphatic rings. The summed E-state index contributed by atoms with van der Waals surface area (Å²) in [6.07, 6.45) is 1.07. The topological polar surface area (TPSA) is 24.5 Å². The minimum absolute atomic E-state index is 0.185. The van der Waals surface area contributed by atoms with E-state index in [0.717, 1.165) is 32.7 Å². The Morgan fingerprint density at radius 2 is 1.80 bits per heavy atom. The average molecular weight is 278 g/mol. The molecule has 0 aromatic heterocycles. The maximum absolute atomic E-state index is 5.13. The van der Waals surface area contributed by atoms with Crippen LogP contribution in [0.4, 0.5) is 0 Å². The highest BCUT2D eigenvalue weighted by atomic mass is 16.5. The van der Waals surface area contributed by atoms with Gasteiger partial charge in [0.05, 0.1) is 6.61 Å². The summed E-state index contributed by atoms with van der Waals surface area (Å²) in [6.45, 7) is 10.4. The number of rotatable bonds is 8. The number of ether oxygens (including phenoxy) is 1. The Bertz CT molecular complexity index is 385. The van der Waals surface area contributed by atoms with Crippen LogP contribution < -0.4 is 5.32 Å². The van der Waals surface area contributed by atoms with E-state index in [0.29, 0.717) is 0 Å². The van der Waals surface area contributed by atoms with Gasteiger partial charge < -0.3 is 10.1 Å². The Morgan fingerprint density at radius 3 is 2.40 bits per heavy atom. The Hall–Kier alpha value is -0.900. The molecule has 1 aromatic rings. The third-order valence-electron chi connectivity index (χ3n) is 3.29. The van der Waals surface area contributed by atoms with Gasteiger partial charge in [-0.25, -0.2) is 0 Å². The molecule has 3 nitrogen and oxygen atoms in total. The molecule has 0 aliphatic carbocycles. The van der Waals surface area contributed by atoms with Gasteiger partial charge in [0.1, 0.15) is 0 Å². The van der Waals surface area contributed by atoms with Crippen LogP contribution in [0.2, 0.25) is 0 Å². The lowest BCUT2D eigenvalue weighted by Crippen LogP contribution is -2.37. The Labute approximate surface area is 124 Å². The molecule has 0 amide bonds. The van der Waals surface area contributed by atoms with E-state index in [-0.39, 0.29) is 5.54 Å². The second-order valence-electron chi connectivity index (χ2n) is 6.43. The standard InChI is InChI=1S/C17H30N2O/c1-17(2,3)18-11-10-15-8-6-7-9-16(15)14-19(4)12-13-20-5/h6-9,18H,10-14H2,1-5H3. The van der Waals surface area contributed by atoms with Crippen molar-refractivity contribution in [2.75, 3.05) is 33.9 Å². The Morgan fingerprint density at radius 1 is 1.15 bits per heavy atom. The number of likely N-dealkylation sites (N-methyl/N-ethyl adjacent to an activating group) is 1. The van der Waals surface area contributed by atoms with Crippen molar-refractivity contribution in [2.24, 2.45) is 0 Å². The van der Waals surface area contributed by atoms with Crippen molar-refractivity contribution < 1.29 is 4.74 Å². The van der Waals surface area contributed by atoms with E-state index >= 15 is 0 Å². The summed E-state index contributed by atoms with van der Waals surface area (Å²) in [5.74, 6) is 0. The molecule has 114 valence electrons. The molecule has 0 unspecified atom stereocenters. The Balaban J connectivity index is 2.54. The highest BCUT2D eigenvalue weighted by molar-refractivity contribution is 5.27. The molecule has 3 heteroatoms. The van der Waals surface area contributed by atoms with Gasteiger partial charge in [0.2, 0.25) is 0 Å². The van der Waals surface area contributed by atoms with Gasteiger partial charge >= 0.3 is 0 Å². The molecule has 0 atom stereocenters. The van der Waals surface area contributed by atoms with Crippen LogP contribution in [0.5, 0.6) is 0 Å². The minimum Gasteiger partial charge on any atom is -0.383 e. The van der Waals surface area contributed by atoms with Crippen LogP contribution >= 0.6 is 0 Å². The molecule has 0 aliphatic heterocycles. The SMILES string of the molecule is COCCN(C)Cc1ccccc1CCNC(C)(C)C. The summed E-state index contributed by atoms with van der Waals surface area (Å²) < 4.78 is 5.13. The largest absolute Gasteiger partial charge is 0.383 e. The molecule has 0 radical (unpaired) electrons. The van der Waals surface area contributed by atoms with Crippen molar-refractivity contribution in [1.29, 1.82) is 0 Å². The van der Waals surface area contributed by atoms with Crippen LogP contribution in [0.15, 0.2) is 24.3 Å². The quantitative estimate of drug-likeness (QED) is 0.791. The zero-order valence-electron chi connectivity index (χ0n) is 13.7. The average Bonchev–Trinajstić information content (AvgIpc) is 2.37. The van der Waals surface area contributed by atoms with E-state index in [1.165, 1.54) is 11.1 Å². The first-order valence-electron chi connectivity index (χ1n) is 7.41. The fourth-order valence-corrected chi connectivity index (χ4v) is 2.14. The molecular formula is C17H30N2O. The third kappa shape index (κ3) is 7.04. The molecular weight excluding hydrogens is 248 g/mol. The van der Waals surface area contributed by atoms with Crippen LogP contribution in [0.25, 0.3) is 0 Å². The smallest absolute Gasteiger partial charge is 0.0589 e. The van der Waals surface area contributed by atoms with Crippen LogP contribution in [0.1, 0.15) is 31.9 Å². The fraction of sp³-hybridized carbons (Fsp3) is 0.647. The van der Waals surface area contributed by atoms with Crippen molar-refractivity contribution in [3.05, 3.63) is 35.4 Å². The van der Waals surface area contributed by atoms with Crippen LogP contribution in [-0.4, -0.2) is 44.3 Å². The second kappa shape index (κ2) is 8.40. The maximum atomic E-state index is 5.13. The van der Waals surface area contributed by atoms with Gasteiger partial charge in [-0.05, 0) is 51.9 Å². The lowest BCUT2D eigenvalue weighted by Gasteiger charge is -2.22. The molecule has 0 bridgehead atoms. The van der Waals surface area contributed by atoms with Crippen molar-refractivity contribution in [3.8, 4) is 0 Å². The molecule has 0 heterocycles. The predicted octanol–water partition coefficient (Wildman–Crippen LogP) is 2.70. The summed E-state index contributed by atoms with van der Waals surface area (Å²) in [6, 6.07) is 8.73. The van der Waals surface area contributed by atoms with E-state index < -0.39 is 0 Å². The number of benzene rings is 1. The maximum Gasteiger partial charge on any atom is 0.0589 e. The van der Waals surface area contributed by atoms with Gasteiger partial charge in [0.15, 0.2) is 0 Å². The lowest BCUT2D eigenvalue weighted by atomic mass is 10.0. The van der Waals surface area contributed by atoms with E-state index in [4.69, 9.17) is 4.74 Å². The molecule has 0 spiro atoms. The first-order valence-corrected chi connectivity index (χ1v) is 7.41. The highest BCUT2D eigenvalue weighted by Crippen LogP contribution is 2.12. The molecule has 20 heavy (non-hydrogen) atoms. The van der Waals surface area contributed by atoms with Crippen molar-refractivity contribution in [2.45, 2.75) is 39.3 Å². The predicted molar refractivity (Wildman–Crippen MR) is 86.1 cm³/mol. The number of hydrogen-bond donors (Lipinski definition) is 1. The summed E-state index contributed by atoms with van der Waals surface area (Å²) in [7, 11) is 3.89. The van der Waals surface area contributed by atoms with E-state index in [2.05, 4.69) is 62.3 Å². The van der Waals surface area contributed by atoms with Crippen molar-refractivity contribution in [3.63, 3.8) is 0 Å². The molecule has 1 aromatic carbocycles. The van der Waals surface area contributed by atoms with Gasteiger partial charge in [-0.15, -0.1) is 0 Å². The van der Waals surface area contributed by atoms with Gasteiger partial charge in [-0.3, -0.25) is 4.90 Å². The van der Waals surface area contributed by atoms with Crippen molar-refractivity contribution >= 4 is 0 Å². The number of methoxy groups -OCH3 is 1. The molecule has 1 rings (SSSR count). The molecule has 0 saturated carbocycles. The van der Waals surface area contributed by atoms with Gasteiger partial charge in [0.25, 0.3) is 0 Å². The zero-order valence-corrected chi connectivity index (χ0v) is 13.7. The normalized spacial score (nSPS) is 12.1. The summed E-state index contributed by atoms with van der Waals surface area (Å²) in [5, 5.41) is 3.55. The van der Waals surface area contributed by atoms with Crippen LogP contribution in [-0.2, 0) is 17.7 Å². The number of nitrogens with one attached hydrogen (secondary N) is 1. The third-order valence-corrected chi connectivity index (χ3v) is 3.29. The lowest BCUT2D eigenvalue weighted by molar-refractivity contribution is 0.158. The van der Waals surface area contributed by atoms with E-state index in [9.17, 15) is 0 Å². The van der Waals surface area contributed by atoms with Crippen molar-refractivity contribution in [1.82, 2.24) is 10.2 Å². The van der Waals surface area contributed by atoms with Crippen LogP contribution in [0, 0.1) is 0 Å². The van der Waals surface area contributed by atoms with E-state index in [1.807, 2.05) is 0 Å². The van der Waals surface area contributed by atoms with Gasteiger partial charge in [-0.2, -0.15) is 0 Å². The second-order valence-corrected chi connectivity index (χ2v) is 6.43. The van der Waals surface area contributed by atoms with Crippen LogP contribution in [0.3, 0.4) is 0 Å². The first-order chi connectivity index (χ1) is 9.42. The van der Waals surface area contributed by atoms with E-state index in [1.54, 1.807) is 7.11 Å². The fourth-order valence-electron chi connectivity index (χ4n) is 2.14. The summed E-state index contributed by atoms with van der Waals surface area (Å²) >= 11 is 0. The minimum atomic E-state index is 0.185. The number of nitrogens with zero attached hydrogens (tertiary/aromatic N) is 1. The summed E-state index contributed by atoms with van der Waals surface area (Å²) in [5.41, 5.74) is 3.04. The highest BCUT2D eigenvalue weighted by Gasteiger charge is 2.09.